The van der Waals surface area contributed by atoms with Gasteiger partial charge in [-0.25, -0.2) is 0 Å². The lowest BCUT2D eigenvalue weighted by atomic mass is 9.97. The summed E-state index contributed by atoms with van der Waals surface area (Å²) in [5.41, 5.74) is 10.5. The molecule has 32 heavy (non-hydrogen) atoms. The van der Waals surface area contributed by atoms with Crippen LogP contribution in [-0.2, 0) is 16.1 Å². The minimum absolute atomic E-state index is 0.307. The van der Waals surface area contributed by atoms with E-state index in [4.69, 9.17) is 10.5 Å². The van der Waals surface area contributed by atoms with Crippen LogP contribution >= 0.6 is 0 Å². The molecule has 1 aliphatic heterocycles. The predicted octanol–water partition coefficient (Wildman–Crippen LogP) is 4.31. The van der Waals surface area contributed by atoms with Crippen molar-refractivity contribution in [2.45, 2.75) is 40.2 Å². The maximum absolute atomic E-state index is 12.2. The van der Waals surface area contributed by atoms with Crippen LogP contribution in [0.25, 0.3) is 0 Å². The third kappa shape index (κ3) is 6.33. The van der Waals surface area contributed by atoms with Gasteiger partial charge in [0.1, 0.15) is 12.0 Å². The number of benzene rings is 1. The fraction of sp³-hybridized carbons (Fsp3) is 0.519. The molecule has 0 saturated carbocycles. The molecule has 0 spiro atoms. The van der Waals surface area contributed by atoms with Crippen LogP contribution in [0.1, 0.15) is 39.2 Å². The van der Waals surface area contributed by atoms with E-state index in [2.05, 4.69) is 73.1 Å². The fourth-order valence-electron chi connectivity index (χ4n) is 4.22. The van der Waals surface area contributed by atoms with Crippen molar-refractivity contribution in [3.63, 3.8) is 0 Å². The quantitative estimate of drug-likeness (QED) is 0.437. The Morgan fingerprint density at radius 1 is 1.19 bits per heavy atom. The van der Waals surface area contributed by atoms with Gasteiger partial charge in [0, 0.05) is 45.0 Å². The Hall–Kier alpha value is -2.37. The maximum Gasteiger partial charge on any atom is 0.134 e. The van der Waals surface area contributed by atoms with Crippen LogP contribution in [0.15, 0.2) is 59.4 Å². The summed E-state index contributed by atoms with van der Waals surface area (Å²) < 4.78 is 6.11. The molecule has 0 radical (unpaired) electrons. The lowest BCUT2D eigenvalue weighted by Gasteiger charge is -2.37. The Labute approximate surface area is 193 Å². The Bertz CT molecular complexity index is 848. The highest BCUT2D eigenvalue weighted by atomic mass is 16.5. The van der Waals surface area contributed by atoms with Crippen molar-refractivity contribution in [1.29, 1.82) is 0 Å². The average molecular weight is 438 g/mol. The number of nitrogens with zero attached hydrogens (tertiary/aromatic N) is 2. The first kappa shape index (κ1) is 24.3. The van der Waals surface area contributed by atoms with Crippen molar-refractivity contribution in [2.24, 2.45) is 17.6 Å². The molecule has 1 saturated heterocycles. The van der Waals surface area contributed by atoms with Gasteiger partial charge >= 0.3 is 0 Å². The van der Waals surface area contributed by atoms with Gasteiger partial charge in [0.05, 0.1) is 12.5 Å². The smallest absolute Gasteiger partial charge is 0.134 e. The minimum Gasteiger partial charge on any atom is -0.497 e. The topological polar surface area (TPSA) is 58.8 Å². The summed E-state index contributed by atoms with van der Waals surface area (Å²) in [5.74, 6) is 0.878. The number of nitrogens with two attached hydrogens (primary N) is 1. The highest BCUT2D eigenvalue weighted by molar-refractivity contribution is 5.65. The highest BCUT2D eigenvalue weighted by Crippen LogP contribution is 2.29. The Kier molecular flexibility index (Phi) is 9.12. The second-order valence-corrected chi connectivity index (χ2v) is 9.06. The third-order valence-corrected chi connectivity index (χ3v) is 6.36. The molecule has 1 aliphatic carbocycles. The van der Waals surface area contributed by atoms with Gasteiger partial charge in [-0.2, -0.15) is 0 Å². The zero-order valence-corrected chi connectivity index (χ0v) is 19.9. The molecule has 5 heteroatoms. The molecule has 1 atom stereocenters. The summed E-state index contributed by atoms with van der Waals surface area (Å²) in [5, 5.41) is 0. The Morgan fingerprint density at radius 2 is 1.97 bits per heavy atom. The Balaban J connectivity index is 1.68. The molecular weight excluding hydrogens is 398 g/mol. The second kappa shape index (κ2) is 12.0. The van der Waals surface area contributed by atoms with Gasteiger partial charge in [-0.3, -0.25) is 4.90 Å². The molecule has 5 nitrogen and oxygen atoms in total. The summed E-state index contributed by atoms with van der Waals surface area (Å²) in [6.45, 7) is 12.4. The van der Waals surface area contributed by atoms with E-state index in [9.17, 15) is 4.79 Å². The third-order valence-electron chi connectivity index (χ3n) is 6.36. The first-order valence-corrected chi connectivity index (χ1v) is 12.0. The molecule has 0 aromatic heterocycles. The van der Waals surface area contributed by atoms with Crippen molar-refractivity contribution in [2.75, 3.05) is 44.2 Å². The summed E-state index contributed by atoms with van der Waals surface area (Å²) in [6, 6.07) is 8.51. The van der Waals surface area contributed by atoms with Gasteiger partial charge < -0.3 is 20.2 Å². The first-order chi connectivity index (χ1) is 15.5. The first-order valence-electron chi connectivity index (χ1n) is 12.0. The van der Waals surface area contributed by atoms with E-state index < -0.39 is 0 Å². The number of carbonyl (C=O) groups is 1. The monoisotopic (exact) mass is 437 g/mol. The van der Waals surface area contributed by atoms with Crippen LogP contribution in [0.5, 0.6) is 0 Å². The molecule has 2 aliphatic rings. The van der Waals surface area contributed by atoms with Crippen molar-refractivity contribution in [3.05, 3.63) is 65.0 Å². The van der Waals surface area contributed by atoms with Gasteiger partial charge in [-0.05, 0) is 47.3 Å². The van der Waals surface area contributed by atoms with Gasteiger partial charge in [0.15, 0.2) is 0 Å². The molecule has 1 aromatic carbocycles. The van der Waals surface area contributed by atoms with Crippen molar-refractivity contribution in [1.82, 2.24) is 4.90 Å². The molecule has 1 unspecified atom stereocenters. The molecule has 1 fully saturated rings. The SMILES string of the molecule is CCCCOC1=CC(C(C)C)=CC=C(CN2CCN(c3cccc(CN)c3)CC2)C1C=O. The van der Waals surface area contributed by atoms with Crippen molar-refractivity contribution in [3.8, 4) is 0 Å². The van der Waals surface area contributed by atoms with Crippen LogP contribution in [0, 0.1) is 11.8 Å². The molecule has 2 N–H and O–H groups in total. The normalized spacial score (nSPS) is 19.8. The Morgan fingerprint density at radius 3 is 2.62 bits per heavy atom. The average Bonchev–Trinajstić information content (AvgIpc) is 2.99. The summed E-state index contributed by atoms with van der Waals surface area (Å²) in [6.07, 6.45) is 9.53. The number of aldehydes is 1. The van der Waals surface area contributed by atoms with Gasteiger partial charge in [-0.15, -0.1) is 0 Å². The molecule has 0 bridgehead atoms. The van der Waals surface area contributed by atoms with Crippen molar-refractivity contribution >= 4 is 12.0 Å². The zero-order chi connectivity index (χ0) is 22.9. The number of anilines is 1. The predicted molar refractivity (Wildman–Crippen MR) is 132 cm³/mol. The summed E-state index contributed by atoms with van der Waals surface area (Å²) in [7, 11) is 0. The number of rotatable bonds is 10. The lowest BCUT2D eigenvalue weighted by molar-refractivity contribution is -0.110. The number of carbonyl (C=O) groups excluding carboxylic acids is 1. The number of hydrogen-bond donors (Lipinski definition) is 1. The molecule has 0 amide bonds. The van der Waals surface area contributed by atoms with E-state index in [1.807, 2.05) is 0 Å². The van der Waals surface area contributed by atoms with Crippen LogP contribution in [0.2, 0.25) is 0 Å². The standard InChI is InChI=1S/C27H39N3O2/c1-4-5-15-32-27-17-23(21(2)3)9-10-24(26(27)20-31)19-29-11-13-30(14-12-29)25-8-6-7-22(16-25)18-28/h6-10,16-17,20-21,26H,4-5,11-15,18-19,28H2,1-3H3. The van der Waals surface area contributed by atoms with Crippen LogP contribution in [0.3, 0.4) is 0 Å². The van der Waals surface area contributed by atoms with Gasteiger partial charge in [0.2, 0.25) is 0 Å². The summed E-state index contributed by atoms with van der Waals surface area (Å²) >= 11 is 0. The van der Waals surface area contributed by atoms with Crippen molar-refractivity contribution < 1.29 is 9.53 Å². The molecule has 1 heterocycles. The minimum atomic E-state index is -0.307. The molecule has 1 aromatic rings. The number of ether oxygens (including phenoxy) is 1. The van der Waals surface area contributed by atoms with E-state index in [0.717, 1.165) is 68.7 Å². The van der Waals surface area contributed by atoms with E-state index in [-0.39, 0.29) is 5.92 Å². The van der Waals surface area contributed by atoms with Gasteiger partial charge in [0.25, 0.3) is 0 Å². The molecular formula is C27H39N3O2. The second-order valence-electron chi connectivity index (χ2n) is 9.06. The highest BCUT2D eigenvalue weighted by Gasteiger charge is 2.26. The molecule has 174 valence electrons. The van der Waals surface area contributed by atoms with Crippen LogP contribution in [0.4, 0.5) is 5.69 Å². The fourth-order valence-corrected chi connectivity index (χ4v) is 4.22. The van der Waals surface area contributed by atoms with Crippen LogP contribution in [-0.4, -0.2) is 50.5 Å². The van der Waals surface area contributed by atoms with Gasteiger partial charge in [-0.1, -0.05) is 51.5 Å². The zero-order valence-electron chi connectivity index (χ0n) is 19.9. The number of piperazine rings is 1. The molecule has 3 rings (SSSR count). The maximum atomic E-state index is 12.2. The number of hydrogen-bond acceptors (Lipinski definition) is 5. The number of allylic oxidation sites excluding steroid dienone is 5. The van der Waals surface area contributed by atoms with E-state index in [0.29, 0.717) is 19.1 Å². The van der Waals surface area contributed by atoms with E-state index in [1.165, 1.54) is 11.3 Å². The van der Waals surface area contributed by atoms with Crippen LogP contribution < -0.4 is 10.6 Å². The lowest BCUT2D eigenvalue weighted by Crippen LogP contribution is -2.47. The van der Waals surface area contributed by atoms with E-state index >= 15 is 0 Å². The summed E-state index contributed by atoms with van der Waals surface area (Å²) in [4.78, 5) is 17.0. The van der Waals surface area contributed by atoms with E-state index in [1.54, 1.807) is 0 Å². The largest absolute Gasteiger partial charge is 0.497 e. The number of unbranched alkanes of at least 4 members (excludes halogenated alkanes) is 1.